The number of hydrogen-bond donors (Lipinski definition) is 0. The van der Waals surface area contributed by atoms with Crippen molar-refractivity contribution in [1.29, 1.82) is 0 Å². The number of amides is 1. The minimum absolute atomic E-state index is 0.107. The van der Waals surface area contributed by atoms with E-state index in [4.69, 9.17) is 4.74 Å². The Balaban J connectivity index is 2.40. The molecular weight excluding hydrogens is 314 g/mol. The fraction of sp³-hybridized carbons (Fsp3) is 0.550. The maximum atomic E-state index is 12.2. The molecule has 1 aliphatic rings. The lowest BCUT2D eigenvalue weighted by Crippen LogP contribution is -2.43. The third-order valence-electron chi connectivity index (χ3n) is 5.32. The first kappa shape index (κ1) is 18.6. The number of carbonyl (C=O) groups is 1. The van der Waals surface area contributed by atoms with Gasteiger partial charge in [0.1, 0.15) is 20.7 Å². The zero-order chi connectivity index (χ0) is 17.9. The number of benzene rings is 1. The fourth-order valence-electron chi connectivity index (χ4n) is 4.06. The molecule has 0 spiro atoms. The molecule has 0 N–H and O–H groups in total. The van der Waals surface area contributed by atoms with E-state index in [1.54, 1.807) is 4.90 Å². The molecule has 0 unspecified atom stereocenters. The first-order chi connectivity index (χ1) is 11.3. The van der Waals surface area contributed by atoms with Crippen LogP contribution in [0.5, 0.6) is 0 Å². The third-order valence-corrected chi connectivity index (χ3v) is 11.6. The molecule has 3 nitrogen and oxygen atoms in total. The van der Waals surface area contributed by atoms with Crippen molar-refractivity contribution >= 4 is 14.2 Å². The smallest absolute Gasteiger partial charge is 0.422 e. The van der Waals surface area contributed by atoms with Crippen molar-refractivity contribution in [2.75, 3.05) is 6.61 Å². The molecule has 1 aromatic carbocycles. The molecule has 1 atom stereocenters. The van der Waals surface area contributed by atoms with E-state index < -0.39 is 8.07 Å². The van der Waals surface area contributed by atoms with E-state index in [2.05, 4.69) is 53.1 Å². The predicted molar refractivity (Wildman–Crippen MR) is 101 cm³/mol. The van der Waals surface area contributed by atoms with Crippen LogP contribution in [0, 0.1) is 11.6 Å². The van der Waals surface area contributed by atoms with Crippen LogP contribution in [0.1, 0.15) is 53.1 Å². The quantitative estimate of drug-likeness (QED) is 0.544. The van der Waals surface area contributed by atoms with E-state index >= 15 is 0 Å². The summed E-state index contributed by atoms with van der Waals surface area (Å²) in [5.41, 5.74) is 6.31. The summed E-state index contributed by atoms with van der Waals surface area (Å²) in [5, 5.41) is 0. The summed E-state index contributed by atoms with van der Waals surface area (Å²) < 4.78 is 5.28. The Morgan fingerprint density at radius 3 is 2.08 bits per heavy atom. The molecule has 24 heavy (non-hydrogen) atoms. The number of cyclic esters (lactones) is 1. The molecule has 4 heteroatoms. The second kappa shape index (κ2) is 7.44. The maximum absolute atomic E-state index is 12.2. The molecule has 0 radical (unpaired) electrons. The van der Waals surface area contributed by atoms with E-state index in [9.17, 15) is 4.79 Å². The van der Waals surface area contributed by atoms with Crippen molar-refractivity contribution in [3.63, 3.8) is 0 Å². The van der Waals surface area contributed by atoms with Gasteiger partial charge in [0.15, 0.2) is 0 Å². The van der Waals surface area contributed by atoms with Gasteiger partial charge in [-0.05, 0) is 22.2 Å². The highest BCUT2D eigenvalue weighted by atomic mass is 28.3. The van der Waals surface area contributed by atoms with Crippen LogP contribution in [-0.4, -0.2) is 25.7 Å². The molecule has 1 heterocycles. The summed E-state index contributed by atoms with van der Waals surface area (Å²) in [6.45, 7) is 14.0. The van der Waals surface area contributed by atoms with Gasteiger partial charge in [-0.1, -0.05) is 71.9 Å². The zero-order valence-corrected chi connectivity index (χ0v) is 16.7. The topological polar surface area (TPSA) is 29.5 Å². The van der Waals surface area contributed by atoms with Gasteiger partial charge in [0, 0.05) is 6.04 Å². The second-order valence-electron chi connectivity index (χ2n) is 7.51. The minimum atomic E-state index is -1.87. The summed E-state index contributed by atoms with van der Waals surface area (Å²) in [4.78, 5) is 13.8. The summed E-state index contributed by atoms with van der Waals surface area (Å²) in [7, 11) is -1.87. The van der Waals surface area contributed by atoms with E-state index in [1.165, 1.54) is 0 Å². The molecule has 1 aromatic rings. The van der Waals surface area contributed by atoms with Gasteiger partial charge < -0.3 is 4.74 Å². The highest BCUT2D eigenvalue weighted by Crippen LogP contribution is 2.41. The molecule has 1 fully saturated rings. The van der Waals surface area contributed by atoms with Gasteiger partial charge in [-0.25, -0.2) is 9.69 Å². The predicted octanol–water partition coefficient (Wildman–Crippen LogP) is 5.36. The van der Waals surface area contributed by atoms with Crippen LogP contribution in [0.4, 0.5) is 4.79 Å². The van der Waals surface area contributed by atoms with Gasteiger partial charge in [-0.2, -0.15) is 0 Å². The van der Waals surface area contributed by atoms with Crippen LogP contribution in [0.3, 0.4) is 0 Å². The normalized spacial score (nSPS) is 18.1. The fourth-order valence-corrected chi connectivity index (χ4v) is 9.24. The first-order valence-corrected chi connectivity index (χ1v) is 11.1. The van der Waals surface area contributed by atoms with Crippen LogP contribution >= 0.6 is 0 Å². The van der Waals surface area contributed by atoms with Gasteiger partial charge in [-0.15, -0.1) is 5.54 Å². The molecule has 1 saturated heterocycles. The Labute approximate surface area is 147 Å². The lowest BCUT2D eigenvalue weighted by atomic mass is 10.1. The van der Waals surface area contributed by atoms with Crippen molar-refractivity contribution in [2.24, 2.45) is 0 Å². The van der Waals surface area contributed by atoms with Gasteiger partial charge in [0.2, 0.25) is 0 Å². The van der Waals surface area contributed by atoms with Crippen LogP contribution in [0.2, 0.25) is 16.6 Å². The molecular formula is C20H29NO2Si. The summed E-state index contributed by atoms with van der Waals surface area (Å²) in [5.74, 6) is 0. The van der Waals surface area contributed by atoms with E-state index in [-0.39, 0.29) is 12.1 Å². The average Bonchev–Trinajstić information content (AvgIpc) is 2.89. The number of nitrogens with zero attached hydrogens (tertiary/aromatic N) is 1. The Hall–Kier alpha value is -1.73. The Morgan fingerprint density at radius 2 is 1.58 bits per heavy atom. The highest BCUT2D eigenvalue weighted by molar-refractivity contribution is 6.90. The van der Waals surface area contributed by atoms with Gasteiger partial charge in [0.05, 0.1) is 0 Å². The lowest BCUT2D eigenvalue weighted by Gasteiger charge is -2.38. The first-order valence-electron chi connectivity index (χ1n) is 8.84. The van der Waals surface area contributed by atoms with Crippen LogP contribution in [-0.2, 0) is 4.74 Å². The molecule has 130 valence electrons. The van der Waals surface area contributed by atoms with E-state index in [0.717, 1.165) is 5.56 Å². The maximum Gasteiger partial charge on any atom is 0.422 e. The van der Waals surface area contributed by atoms with Crippen LogP contribution in [0.15, 0.2) is 30.3 Å². The summed E-state index contributed by atoms with van der Waals surface area (Å²) in [6.07, 6.45) is -0.324. The summed E-state index contributed by atoms with van der Waals surface area (Å²) >= 11 is 0. The Kier molecular flexibility index (Phi) is 5.77. The third kappa shape index (κ3) is 3.37. The Morgan fingerprint density at radius 1 is 1.04 bits per heavy atom. The molecule has 1 amide bonds. The Bertz CT molecular complexity index is 606. The van der Waals surface area contributed by atoms with E-state index in [0.29, 0.717) is 23.2 Å². The number of rotatable bonds is 4. The largest absolute Gasteiger partial charge is 0.446 e. The van der Waals surface area contributed by atoms with Gasteiger partial charge >= 0.3 is 6.09 Å². The highest BCUT2D eigenvalue weighted by Gasteiger charge is 2.42. The summed E-state index contributed by atoms with van der Waals surface area (Å²) in [6, 6.07) is 13.1. The van der Waals surface area contributed by atoms with Crippen LogP contribution < -0.4 is 0 Å². The van der Waals surface area contributed by atoms with Crippen molar-refractivity contribution in [1.82, 2.24) is 4.90 Å². The lowest BCUT2D eigenvalue weighted by molar-refractivity contribution is 0.167. The standard InChI is InChI=1S/C20H29NO2Si/c1-15(2)24(16(3)4,17(5)6)13-12-21-19(14-23-20(21)22)18-10-8-7-9-11-18/h7-11,15-17,19H,14H2,1-6H3/t19-/m1/s1. The second-order valence-corrected chi connectivity index (χ2v) is 13.1. The molecule has 0 aromatic heterocycles. The number of hydrogen-bond acceptors (Lipinski definition) is 2. The van der Waals surface area contributed by atoms with Crippen molar-refractivity contribution in [3.8, 4) is 11.6 Å². The van der Waals surface area contributed by atoms with Crippen molar-refractivity contribution in [3.05, 3.63) is 35.9 Å². The van der Waals surface area contributed by atoms with Crippen molar-refractivity contribution in [2.45, 2.75) is 64.2 Å². The monoisotopic (exact) mass is 343 g/mol. The minimum Gasteiger partial charge on any atom is -0.446 e. The van der Waals surface area contributed by atoms with Crippen LogP contribution in [0.25, 0.3) is 0 Å². The van der Waals surface area contributed by atoms with Gasteiger partial charge in [0.25, 0.3) is 0 Å². The van der Waals surface area contributed by atoms with E-state index in [1.807, 2.05) is 30.3 Å². The zero-order valence-electron chi connectivity index (χ0n) is 15.7. The molecule has 2 rings (SSSR count). The SMILES string of the molecule is CC(C)[Si](C#CN1C(=O)OC[C@@H]1c1ccccc1)(C(C)C)C(C)C. The van der Waals surface area contributed by atoms with Crippen molar-refractivity contribution < 1.29 is 9.53 Å². The number of ether oxygens (including phenoxy) is 1. The molecule has 0 bridgehead atoms. The number of carbonyl (C=O) groups excluding carboxylic acids is 1. The average molecular weight is 344 g/mol. The molecule has 1 aliphatic heterocycles. The van der Waals surface area contributed by atoms with Gasteiger partial charge in [-0.3, -0.25) is 0 Å². The molecule has 0 aliphatic carbocycles. The molecule has 0 saturated carbocycles.